The van der Waals surface area contributed by atoms with Crippen LogP contribution in [0.2, 0.25) is 0 Å². The molecular weight excluding hydrogens is 339 g/mol. The number of hydrogen-bond acceptors (Lipinski definition) is 2. The van der Waals surface area contributed by atoms with Crippen molar-refractivity contribution in [3.05, 3.63) is 108 Å². The first-order valence-electron chi connectivity index (χ1n) is 8.76. The molecule has 0 unspecified atom stereocenters. The van der Waals surface area contributed by atoms with E-state index < -0.39 is 7.37 Å². The van der Waals surface area contributed by atoms with Gasteiger partial charge in [0.1, 0.15) is 0 Å². The molecule has 0 saturated carbocycles. The van der Waals surface area contributed by atoms with Crippen molar-refractivity contribution in [1.29, 1.82) is 0 Å². The van der Waals surface area contributed by atoms with E-state index in [0.717, 1.165) is 16.7 Å². The molecule has 0 bridgehead atoms. The lowest BCUT2D eigenvalue weighted by Gasteiger charge is -2.20. The SMILES string of the molecule is CC(C)O[P@@](=O)(C=C(c1ccccc1)c1ccccc1)c1ccccc1. The van der Waals surface area contributed by atoms with E-state index in [2.05, 4.69) is 0 Å². The van der Waals surface area contributed by atoms with Gasteiger partial charge in [0.25, 0.3) is 7.37 Å². The summed E-state index contributed by atoms with van der Waals surface area (Å²) in [5.41, 5.74) is 2.95. The maximum absolute atomic E-state index is 13.9. The highest BCUT2D eigenvalue weighted by atomic mass is 31.2. The van der Waals surface area contributed by atoms with E-state index in [1.165, 1.54) is 0 Å². The van der Waals surface area contributed by atoms with Crippen LogP contribution in [0.15, 0.2) is 96.8 Å². The molecule has 3 aromatic carbocycles. The number of benzene rings is 3. The van der Waals surface area contributed by atoms with E-state index in [1.54, 1.807) is 0 Å². The average Bonchev–Trinajstić information content (AvgIpc) is 2.68. The second-order valence-corrected chi connectivity index (χ2v) is 8.54. The van der Waals surface area contributed by atoms with E-state index >= 15 is 0 Å². The average molecular weight is 362 g/mol. The van der Waals surface area contributed by atoms with Crippen LogP contribution in [0, 0.1) is 0 Å². The van der Waals surface area contributed by atoms with Crippen LogP contribution >= 0.6 is 7.37 Å². The van der Waals surface area contributed by atoms with E-state index in [0.29, 0.717) is 5.30 Å². The Morgan fingerprint density at radius 2 is 1.19 bits per heavy atom. The molecule has 0 N–H and O–H groups in total. The third-order valence-corrected chi connectivity index (χ3v) is 6.30. The van der Waals surface area contributed by atoms with Crippen LogP contribution in [0.25, 0.3) is 5.57 Å². The Labute approximate surface area is 155 Å². The third kappa shape index (κ3) is 4.40. The smallest absolute Gasteiger partial charge is 0.255 e. The molecule has 26 heavy (non-hydrogen) atoms. The minimum absolute atomic E-state index is 0.148. The van der Waals surface area contributed by atoms with E-state index in [1.807, 2.05) is 111 Å². The van der Waals surface area contributed by atoms with Gasteiger partial charge in [0.15, 0.2) is 0 Å². The monoisotopic (exact) mass is 362 g/mol. The fourth-order valence-electron chi connectivity index (χ4n) is 2.84. The summed E-state index contributed by atoms with van der Waals surface area (Å²) in [6.07, 6.45) is -0.148. The Balaban J connectivity index is 2.20. The molecule has 3 aromatic rings. The molecule has 0 radical (unpaired) electrons. The molecule has 0 spiro atoms. The van der Waals surface area contributed by atoms with E-state index in [9.17, 15) is 4.57 Å². The topological polar surface area (TPSA) is 26.3 Å². The van der Waals surface area contributed by atoms with E-state index in [4.69, 9.17) is 4.52 Å². The predicted octanol–water partition coefficient (Wildman–Crippen LogP) is 6.10. The molecular formula is C23H23O2P. The zero-order valence-electron chi connectivity index (χ0n) is 15.1. The minimum Gasteiger partial charge on any atom is -0.320 e. The molecule has 0 aliphatic carbocycles. The van der Waals surface area contributed by atoms with Crippen LogP contribution < -0.4 is 5.30 Å². The Hall–Kier alpha value is -2.41. The lowest BCUT2D eigenvalue weighted by atomic mass is 10.00. The molecule has 0 aliphatic heterocycles. The molecule has 0 aromatic heterocycles. The summed E-state index contributed by atoms with van der Waals surface area (Å²) in [6.45, 7) is 3.82. The molecule has 0 saturated heterocycles. The van der Waals surface area contributed by atoms with Crippen molar-refractivity contribution < 1.29 is 9.09 Å². The normalized spacial score (nSPS) is 13.2. The van der Waals surface area contributed by atoms with Crippen LogP contribution in [-0.2, 0) is 9.09 Å². The highest BCUT2D eigenvalue weighted by Gasteiger charge is 2.26. The standard InChI is InChI=1S/C23H23O2P/c1-19(2)25-26(24,22-16-10-5-11-17-22)18-23(20-12-6-3-7-13-20)21-14-8-4-9-15-21/h3-19H,1-2H3/t26-/m0/s1. The predicted molar refractivity (Wildman–Crippen MR) is 110 cm³/mol. The second kappa shape index (κ2) is 8.31. The van der Waals surface area contributed by atoms with Crippen LogP contribution in [-0.4, -0.2) is 6.10 Å². The number of hydrogen-bond donors (Lipinski definition) is 0. The lowest BCUT2D eigenvalue weighted by Crippen LogP contribution is -2.10. The van der Waals surface area contributed by atoms with Gasteiger partial charge in [-0.25, -0.2) is 0 Å². The molecule has 0 fully saturated rings. The molecule has 0 amide bonds. The quantitative estimate of drug-likeness (QED) is 0.495. The Morgan fingerprint density at radius 3 is 1.62 bits per heavy atom. The highest BCUT2D eigenvalue weighted by molar-refractivity contribution is 7.70. The molecule has 2 nitrogen and oxygen atoms in total. The van der Waals surface area contributed by atoms with Crippen LogP contribution in [0.4, 0.5) is 0 Å². The van der Waals surface area contributed by atoms with Crippen molar-refractivity contribution in [1.82, 2.24) is 0 Å². The highest BCUT2D eigenvalue weighted by Crippen LogP contribution is 2.51. The maximum Gasteiger partial charge on any atom is 0.255 e. The van der Waals surface area contributed by atoms with Gasteiger partial charge in [0, 0.05) is 11.1 Å². The van der Waals surface area contributed by atoms with Crippen LogP contribution in [0.3, 0.4) is 0 Å². The summed E-state index contributed by atoms with van der Waals surface area (Å²) in [5, 5.41) is 0.707. The maximum atomic E-state index is 13.9. The van der Waals surface area contributed by atoms with Crippen molar-refractivity contribution in [3.63, 3.8) is 0 Å². The van der Waals surface area contributed by atoms with Gasteiger partial charge in [0.2, 0.25) is 0 Å². The molecule has 3 rings (SSSR count). The molecule has 0 heterocycles. The van der Waals surface area contributed by atoms with Gasteiger partial charge in [0.05, 0.1) is 6.10 Å². The van der Waals surface area contributed by atoms with Crippen LogP contribution in [0.5, 0.6) is 0 Å². The zero-order valence-corrected chi connectivity index (χ0v) is 16.0. The van der Waals surface area contributed by atoms with Gasteiger partial charge >= 0.3 is 0 Å². The molecule has 1 atom stereocenters. The van der Waals surface area contributed by atoms with Crippen molar-refractivity contribution in [2.24, 2.45) is 0 Å². The molecule has 0 aliphatic rings. The van der Waals surface area contributed by atoms with Crippen molar-refractivity contribution in [2.45, 2.75) is 20.0 Å². The van der Waals surface area contributed by atoms with E-state index in [-0.39, 0.29) is 6.10 Å². The summed E-state index contributed by atoms with van der Waals surface area (Å²) in [6, 6.07) is 29.5. The van der Waals surface area contributed by atoms with Gasteiger partial charge in [-0.05, 0) is 42.7 Å². The van der Waals surface area contributed by atoms with Gasteiger partial charge in [-0.1, -0.05) is 78.9 Å². The minimum atomic E-state index is -3.18. The molecule has 3 heteroatoms. The Bertz CT molecular complexity index is 859. The zero-order chi connectivity index (χ0) is 18.4. The van der Waals surface area contributed by atoms with Gasteiger partial charge in [-0.2, -0.15) is 0 Å². The summed E-state index contributed by atoms with van der Waals surface area (Å²) >= 11 is 0. The van der Waals surface area contributed by atoms with Gasteiger partial charge in [-0.15, -0.1) is 0 Å². The summed E-state index contributed by atoms with van der Waals surface area (Å²) in [4.78, 5) is 0. The van der Waals surface area contributed by atoms with Crippen LogP contribution in [0.1, 0.15) is 25.0 Å². The first kappa shape index (κ1) is 18.4. The summed E-state index contributed by atoms with van der Waals surface area (Å²) < 4.78 is 19.9. The first-order chi connectivity index (χ1) is 12.6. The summed E-state index contributed by atoms with van der Waals surface area (Å²) in [7, 11) is -3.18. The van der Waals surface area contributed by atoms with Gasteiger partial charge < -0.3 is 4.52 Å². The lowest BCUT2D eigenvalue weighted by molar-refractivity contribution is 0.253. The van der Waals surface area contributed by atoms with Crippen molar-refractivity contribution >= 4 is 18.2 Å². The van der Waals surface area contributed by atoms with Crippen molar-refractivity contribution in [3.8, 4) is 0 Å². The third-order valence-electron chi connectivity index (χ3n) is 3.95. The first-order valence-corrected chi connectivity index (χ1v) is 10.5. The summed E-state index contributed by atoms with van der Waals surface area (Å²) in [5.74, 6) is 1.81. The van der Waals surface area contributed by atoms with Gasteiger partial charge in [-0.3, -0.25) is 4.57 Å². The molecule has 132 valence electrons. The Morgan fingerprint density at radius 1 is 0.769 bits per heavy atom. The largest absolute Gasteiger partial charge is 0.320 e. The fourth-order valence-corrected chi connectivity index (χ4v) is 5.02. The number of rotatable bonds is 6. The second-order valence-electron chi connectivity index (χ2n) is 6.36. The fraction of sp³-hybridized carbons (Fsp3) is 0.130. The van der Waals surface area contributed by atoms with Crippen molar-refractivity contribution in [2.75, 3.05) is 0 Å². The Kier molecular flexibility index (Phi) is 5.88.